The number of unbranched alkanes of at least 4 members (excludes halogenated alkanes) is 1. The van der Waals surface area contributed by atoms with E-state index in [1.807, 2.05) is 22.6 Å². The van der Waals surface area contributed by atoms with Crippen LogP contribution in [-0.2, 0) is 0 Å². The smallest absolute Gasteiger partial charge is 0.127 e. The highest BCUT2D eigenvalue weighted by Gasteiger charge is 1.74. The Balaban J connectivity index is 0. The number of alkyl halides is 1. The fourth-order valence-corrected chi connectivity index (χ4v) is 0.606. The highest BCUT2D eigenvalue weighted by atomic mass is 127. The van der Waals surface area contributed by atoms with E-state index in [4.69, 9.17) is 11.6 Å². The summed E-state index contributed by atoms with van der Waals surface area (Å²) in [7, 11) is 0. The van der Waals surface area contributed by atoms with Crippen molar-refractivity contribution in [3.8, 4) is 9.85 Å². The lowest BCUT2D eigenvalue weighted by atomic mass is 10.4. The summed E-state index contributed by atoms with van der Waals surface area (Å²) in [4.78, 5) is 0. The molecule has 3 heteroatoms. The fourth-order valence-electron chi connectivity index (χ4n) is 0.202. The summed E-state index contributed by atoms with van der Waals surface area (Å²) in [6, 6.07) is 0. The van der Waals surface area contributed by atoms with Crippen LogP contribution < -0.4 is 0 Å². The molecule has 0 radical (unpaired) electrons. The largest absolute Gasteiger partial charge is 0.316 e. The van der Waals surface area contributed by atoms with Crippen LogP contribution in [-0.4, -0.2) is 28.9 Å². The lowest BCUT2D eigenvalue weighted by molar-refractivity contribution is 0.992. The lowest BCUT2D eigenvalue weighted by Gasteiger charge is -1.78. The molecule has 8 heavy (non-hydrogen) atoms. The van der Waals surface area contributed by atoms with Gasteiger partial charge < -0.3 is 0 Å². The zero-order valence-corrected chi connectivity index (χ0v) is 6.79. The van der Waals surface area contributed by atoms with Crippen LogP contribution in [0.15, 0.2) is 0 Å². The van der Waals surface area contributed by atoms with Gasteiger partial charge in [0.2, 0.25) is 0 Å². The van der Waals surface area contributed by atoms with Crippen LogP contribution in [0.4, 0.5) is 0 Å². The van der Waals surface area contributed by atoms with Gasteiger partial charge in [-0.15, -0.1) is 11.6 Å². The van der Waals surface area contributed by atoms with Crippen molar-refractivity contribution in [3.05, 3.63) is 0 Å². The predicted octanol–water partition coefficient (Wildman–Crippen LogP) is 1.49. The lowest BCUT2D eigenvalue weighted by Crippen LogP contribution is -1.68. The first-order valence-electron chi connectivity index (χ1n) is 2.06. The molecular weight excluding hydrogens is 247 g/mol. The van der Waals surface area contributed by atoms with Gasteiger partial charge in [0.05, 0.1) is 0 Å². The molecule has 0 aromatic rings. The van der Waals surface area contributed by atoms with E-state index in [1.54, 1.807) is 0 Å². The summed E-state index contributed by atoms with van der Waals surface area (Å²) in [5, 5.41) is 0. The van der Waals surface area contributed by atoms with Gasteiger partial charge in [-0.3, -0.25) is 0 Å². The van der Waals surface area contributed by atoms with Crippen LogP contribution in [0.5, 0.6) is 0 Å². The SMILES string of the molecule is ClCCCC#CI.[MgH2]. The Morgan fingerprint density at radius 1 is 1.50 bits per heavy atom. The minimum atomic E-state index is 0. The molecule has 0 N–H and O–H groups in total. The Morgan fingerprint density at radius 2 is 2.12 bits per heavy atom. The molecule has 0 atom stereocenters. The summed E-state index contributed by atoms with van der Waals surface area (Å²) < 4.78 is 2.76. The van der Waals surface area contributed by atoms with Gasteiger partial charge in [0, 0.05) is 34.9 Å². The van der Waals surface area contributed by atoms with Gasteiger partial charge >= 0.3 is 23.1 Å². The molecule has 0 spiro atoms. The van der Waals surface area contributed by atoms with Crippen LogP contribution in [0.25, 0.3) is 0 Å². The average Bonchev–Trinajstić information content (AvgIpc) is 1.69. The molecule has 0 heterocycles. The van der Waals surface area contributed by atoms with Crippen LogP contribution in [0.1, 0.15) is 12.8 Å². The molecule has 0 rings (SSSR count). The van der Waals surface area contributed by atoms with Crippen LogP contribution in [0.2, 0.25) is 0 Å². The van der Waals surface area contributed by atoms with Crippen LogP contribution in [0, 0.1) is 9.85 Å². The summed E-state index contributed by atoms with van der Waals surface area (Å²) in [5.41, 5.74) is 0. The Morgan fingerprint density at radius 3 is 2.50 bits per heavy atom. The van der Waals surface area contributed by atoms with Gasteiger partial charge in [-0.05, 0) is 10.3 Å². The summed E-state index contributed by atoms with van der Waals surface area (Å²) >= 11 is 7.39. The minimum Gasteiger partial charge on any atom is -0.127 e. The fraction of sp³-hybridized carbons (Fsp3) is 0.600. The zero-order chi connectivity index (χ0) is 5.54. The molecule has 0 aliphatic carbocycles. The van der Waals surface area contributed by atoms with E-state index in [1.165, 1.54) is 0 Å². The second kappa shape index (κ2) is 11.2. The molecule has 0 saturated heterocycles. The summed E-state index contributed by atoms with van der Waals surface area (Å²) in [6.07, 6.45) is 1.95. The van der Waals surface area contributed by atoms with Gasteiger partial charge in [-0.2, -0.15) is 0 Å². The van der Waals surface area contributed by atoms with E-state index < -0.39 is 0 Å². The zero-order valence-electron chi connectivity index (χ0n) is 3.88. The predicted molar refractivity (Wildman–Crippen MR) is 50.3 cm³/mol. The average molecular weight is 255 g/mol. The molecule has 0 unspecified atom stereocenters. The second-order valence-corrected chi connectivity index (χ2v) is 1.98. The van der Waals surface area contributed by atoms with Crippen molar-refractivity contribution >= 4 is 57.2 Å². The summed E-state index contributed by atoms with van der Waals surface area (Å²) in [5.74, 6) is 3.63. The number of hydrogen-bond donors (Lipinski definition) is 0. The van der Waals surface area contributed by atoms with Crippen molar-refractivity contribution in [2.45, 2.75) is 12.8 Å². The molecular formula is C5H8ClIMg. The normalized spacial score (nSPS) is 6.25. The van der Waals surface area contributed by atoms with Crippen molar-refractivity contribution in [3.63, 3.8) is 0 Å². The molecule has 0 aromatic heterocycles. The van der Waals surface area contributed by atoms with Crippen molar-refractivity contribution in [2.24, 2.45) is 0 Å². The molecule has 0 aliphatic heterocycles. The monoisotopic (exact) mass is 254 g/mol. The van der Waals surface area contributed by atoms with Gasteiger partial charge in [0.25, 0.3) is 0 Å². The second-order valence-electron chi connectivity index (χ2n) is 1.06. The topological polar surface area (TPSA) is 0 Å². The maximum Gasteiger partial charge on any atom is 0.316 e. The maximum absolute atomic E-state index is 5.37. The van der Waals surface area contributed by atoms with E-state index in [0.717, 1.165) is 18.7 Å². The molecule has 0 bridgehead atoms. The van der Waals surface area contributed by atoms with Crippen molar-refractivity contribution < 1.29 is 0 Å². The minimum absolute atomic E-state index is 0. The summed E-state index contributed by atoms with van der Waals surface area (Å²) in [6.45, 7) is 0. The van der Waals surface area contributed by atoms with Crippen molar-refractivity contribution in [1.29, 1.82) is 0 Å². The van der Waals surface area contributed by atoms with E-state index in [0.29, 0.717) is 0 Å². The number of halogens is 2. The van der Waals surface area contributed by atoms with Crippen molar-refractivity contribution in [2.75, 3.05) is 5.88 Å². The highest BCUT2D eigenvalue weighted by molar-refractivity contribution is 14.1. The quantitative estimate of drug-likeness (QED) is 0.230. The van der Waals surface area contributed by atoms with E-state index in [-0.39, 0.29) is 23.1 Å². The first kappa shape index (κ1) is 12.1. The van der Waals surface area contributed by atoms with Gasteiger partial charge in [-0.1, -0.05) is 5.92 Å². The molecule has 0 saturated carbocycles. The Hall–Kier alpha value is 1.35. The van der Waals surface area contributed by atoms with E-state index in [9.17, 15) is 0 Å². The van der Waals surface area contributed by atoms with E-state index in [2.05, 4.69) is 9.85 Å². The molecule has 0 fully saturated rings. The van der Waals surface area contributed by atoms with E-state index >= 15 is 0 Å². The first-order chi connectivity index (χ1) is 3.41. The van der Waals surface area contributed by atoms with Gasteiger partial charge in [0.15, 0.2) is 0 Å². The molecule has 0 aromatic carbocycles. The third-order valence-electron chi connectivity index (χ3n) is 0.502. The van der Waals surface area contributed by atoms with Gasteiger partial charge in [-0.25, -0.2) is 0 Å². The third kappa shape index (κ3) is 10.4. The highest BCUT2D eigenvalue weighted by Crippen LogP contribution is 1.88. The third-order valence-corrected chi connectivity index (χ3v) is 1.15. The van der Waals surface area contributed by atoms with Crippen molar-refractivity contribution in [1.82, 2.24) is 0 Å². The standard InChI is InChI=1S/C5H6ClI.Mg.2H/c6-4-2-1-3-5-7;;;/h1-2,4H2;;;. The Kier molecular flexibility index (Phi) is 16.9. The molecule has 0 aliphatic rings. The maximum atomic E-state index is 5.37. The Labute approximate surface area is 85.0 Å². The molecule has 0 nitrogen and oxygen atoms in total. The Bertz CT molecular complexity index is 84.2. The molecule has 0 amide bonds. The van der Waals surface area contributed by atoms with Gasteiger partial charge in [0.1, 0.15) is 0 Å². The van der Waals surface area contributed by atoms with Crippen LogP contribution >= 0.6 is 34.2 Å². The molecule has 44 valence electrons. The number of rotatable bonds is 2. The van der Waals surface area contributed by atoms with Crippen LogP contribution in [0.3, 0.4) is 0 Å². The number of hydrogen-bond acceptors (Lipinski definition) is 0. The first-order valence-corrected chi connectivity index (χ1v) is 3.67.